The first-order valence-corrected chi connectivity index (χ1v) is 8.75. The Hall–Kier alpha value is -0.900. The Morgan fingerprint density at radius 1 is 1.19 bits per heavy atom. The lowest BCUT2D eigenvalue weighted by Crippen LogP contribution is -2.40. The molecule has 4 heteroatoms. The van der Waals surface area contributed by atoms with Crippen LogP contribution in [0.25, 0.3) is 0 Å². The zero-order valence-electron chi connectivity index (χ0n) is 14.2. The van der Waals surface area contributed by atoms with Crippen molar-refractivity contribution in [2.75, 3.05) is 6.54 Å². The Labute approximate surface area is 129 Å². The molecule has 0 bridgehead atoms. The van der Waals surface area contributed by atoms with Crippen molar-refractivity contribution in [1.82, 2.24) is 20.1 Å². The highest BCUT2D eigenvalue weighted by Gasteiger charge is 2.29. The summed E-state index contributed by atoms with van der Waals surface area (Å²) in [4.78, 5) is 4.46. The van der Waals surface area contributed by atoms with Gasteiger partial charge in [-0.1, -0.05) is 20.8 Å². The van der Waals surface area contributed by atoms with E-state index in [1.165, 1.54) is 25.7 Å². The van der Waals surface area contributed by atoms with Crippen molar-refractivity contribution in [2.45, 2.75) is 72.4 Å². The first-order valence-electron chi connectivity index (χ1n) is 8.75. The molecule has 1 heterocycles. The zero-order chi connectivity index (χ0) is 15.2. The molecule has 0 amide bonds. The van der Waals surface area contributed by atoms with Crippen LogP contribution in [0.15, 0.2) is 6.33 Å². The fourth-order valence-corrected chi connectivity index (χ4v) is 3.79. The van der Waals surface area contributed by atoms with Gasteiger partial charge in [-0.2, -0.15) is 5.10 Å². The number of likely N-dealkylation sites (N-methyl/N-ethyl adjacent to an activating group) is 1. The fourth-order valence-electron chi connectivity index (χ4n) is 3.79. The highest BCUT2D eigenvalue weighted by molar-refractivity contribution is 4.93. The Balaban J connectivity index is 1.96. The van der Waals surface area contributed by atoms with Gasteiger partial charge in [0.2, 0.25) is 0 Å². The molecule has 1 aliphatic rings. The summed E-state index contributed by atoms with van der Waals surface area (Å²) in [5, 5.41) is 8.01. The minimum atomic E-state index is 0.553. The Kier molecular flexibility index (Phi) is 6.22. The molecule has 21 heavy (non-hydrogen) atoms. The lowest BCUT2D eigenvalue weighted by atomic mass is 9.74. The second kappa shape index (κ2) is 7.92. The van der Waals surface area contributed by atoms with E-state index in [0.29, 0.717) is 6.04 Å². The average molecular weight is 292 g/mol. The highest BCUT2D eigenvalue weighted by Crippen LogP contribution is 2.35. The van der Waals surface area contributed by atoms with E-state index >= 15 is 0 Å². The maximum Gasteiger partial charge on any atom is 0.138 e. The van der Waals surface area contributed by atoms with Gasteiger partial charge < -0.3 is 5.32 Å². The molecule has 1 atom stereocenters. The molecule has 1 fully saturated rings. The van der Waals surface area contributed by atoms with E-state index in [2.05, 4.69) is 43.1 Å². The van der Waals surface area contributed by atoms with Crippen LogP contribution < -0.4 is 5.32 Å². The molecular formula is C17H32N4. The molecule has 1 aromatic rings. The van der Waals surface area contributed by atoms with Crippen LogP contribution in [0.5, 0.6) is 0 Å². The van der Waals surface area contributed by atoms with Crippen LogP contribution in [0.1, 0.15) is 59.2 Å². The number of nitrogens with zero attached hydrogens (tertiary/aromatic N) is 3. The summed E-state index contributed by atoms with van der Waals surface area (Å²) in [6.45, 7) is 11.0. The maximum atomic E-state index is 4.46. The standard InChI is InChI=1S/C17H32N4/c1-5-18-16(11-17-19-12-20-21(17)6-2)15-9-7-14(8-10-15)13(3)4/h12-16,18H,5-11H2,1-4H3. The minimum Gasteiger partial charge on any atom is -0.314 e. The van der Waals surface area contributed by atoms with Crippen LogP contribution in [0.2, 0.25) is 0 Å². The summed E-state index contributed by atoms with van der Waals surface area (Å²) in [7, 11) is 0. The van der Waals surface area contributed by atoms with Gasteiger partial charge in [0.05, 0.1) is 0 Å². The Morgan fingerprint density at radius 3 is 2.43 bits per heavy atom. The Bertz CT molecular complexity index is 405. The molecule has 0 radical (unpaired) electrons. The first-order chi connectivity index (χ1) is 10.2. The molecule has 1 N–H and O–H groups in total. The van der Waals surface area contributed by atoms with Gasteiger partial charge in [0.25, 0.3) is 0 Å². The van der Waals surface area contributed by atoms with E-state index in [1.54, 1.807) is 6.33 Å². The van der Waals surface area contributed by atoms with Crippen molar-refractivity contribution in [2.24, 2.45) is 17.8 Å². The second-order valence-corrected chi connectivity index (χ2v) is 6.78. The number of rotatable bonds is 7. The smallest absolute Gasteiger partial charge is 0.138 e. The van der Waals surface area contributed by atoms with Crippen molar-refractivity contribution in [3.05, 3.63) is 12.2 Å². The molecule has 0 aromatic carbocycles. The topological polar surface area (TPSA) is 42.7 Å². The molecule has 120 valence electrons. The van der Waals surface area contributed by atoms with Crippen LogP contribution in [0.3, 0.4) is 0 Å². The number of nitrogens with one attached hydrogen (secondary N) is 1. The van der Waals surface area contributed by atoms with Crippen molar-refractivity contribution in [3.63, 3.8) is 0 Å². The van der Waals surface area contributed by atoms with Gasteiger partial charge >= 0.3 is 0 Å². The summed E-state index contributed by atoms with van der Waals surface area (Å²) >= 11 is 0. The van der Waals surface area contributed by atoms with Crippen LogP contribution in [0.4, 0.5) is 0 Å². The molecule has 2 rings (SSSR count). The normalized spacial score (nSPS) is 24.4. The van der Waals surface area contributed by atoms with E-state index in [0.717, 1.165) is 43.1 Å². The SMILES string of the molecule is CCNC(Cc1ncnn1CC)C1CCC(C(C)C)CC1. The first kappa shape index (κ1) is 16.5. The Morgan fingerprint density at radius 2 is 1.86 bits per heavy atom. The number of hydrogen-bond donors (Lipinski definition) is 1. The van der Waals surface area contributed by atoms with Gasteiger partial charge in [0.15, 0.2) is 0 Å². The predicted molar refractivity (Wildman–Crippen MR) is 87.2 cm³/mol. The highest BCUT2D eigenvalue weighted by atomic mass is 15.3. The van der Waals surface area contributed by atoms with Crippen LogP contribution in [-0.2, 0) is 13.0 Å². The summed E-state index contributed by atoms with van der Waals surface area (Å²) in [6.07, 6.45) is 8.22. The van der Waals surface area contributed by atoms with E-state index < -0.39 is 0 Å². The summed E-state index contributed by atoms with van der Waals surface area (Å²) in [6, 6.07) is 0.553. The third-order valence-corrected chi connectivity index (χ3v) is 5.19. The monoisotopic (exact) mass is 292 g/mol. The largest absolute Gasteiger partial charge is 0.314 e. The van der Waals surface area contributed by atoms with Crippen molar-refractivity contribution in [3.8, 4) is 0 Å². The lowest BCUT2D eigenvalue weighted by molar-refractivity contribution is 0.187. The van der Waals surface area contributed by atoms with E-state index in [-0.39, 0.29) is 0 Å². The number of hydrogen-bond acceptors (Lipinski definition) is 3. The summed E-state index contributed by atoms with van der Waals surface area (Å²) in [5.74, 6) is 3.70. The van der Waals surface area contributed by atoms with Crippen molar-refractivity contribution in [1.29, 1.82) is 0 Å². The molecule has 0 saturated heterocycles. The van der Waals surface area contributed by atoms with Crippen molar-refractivity contribution >= 4 is 0 Å². The minimum absolute atomic E-state index is 0.553. The van der Waals surface area contributed by atoms with Crippen LogP contribution in [0, 0.1) is 17.8 Å². The quantitative estimate of drug-likeness (QED) is 0.838. The lowest BCUT2D eigenvalue weighted by Gasteiger charge is -2.35. The van der Waals surface area contributed by atoms with Crippen LogP contribution >= 0.6 is 0 Å². The molecule has 1 saturated carbocycles. The summed E-state index contributed by atoms with van der Waals surface area (Å²) < 4.78 is 2.03. The van der Waals surface area contributed by atoms with E-state index in [4.69, 9.17) is 0 Å². The average Bonchev–Trinajstić information content (AvgIpc) is 2.94. The van der Waals surface area contributed by atoms with Crippen LogP contribution in [-0.4, -0.2) is 27.4 Å². The fraction of sp³-hybridized carbons (Fsp3) is 0.882. The molecule has 0 spiro atoms. The molecule has 0 aliphatic heterocycles. The number of aromatic nitrogens is 3. The molecule has 1 aromatic heterocycles. The molecule has 4 nitrogen and oxygen atoms in total. The van der Waals surface area contributed by atoms with Gasteiger partial charge in [-0.05, 0) is 56.9 Å². The third-order valence-electron chi connectivity index (χ3n) is 5.19. The molecular weight excluding hydrogens is 260 g/mol. The zero-order valence-corrected chi connectivity index (χ0v) is 14.2. The van der Waals surface area contributed by atoms with Crippen molar-refractivity contribution < 1.29 is 0 Å². The van der Waals surface area contributed by atoms with Gasteiger partial charge in [0.1, 0.15) is 12.2 Å². The third kappa shape index (κ3) is 4.29. The second-order valence-electron chi connectivity index (χ2n) is 6.78. The van der Waals surface area contributed by atoms with Gasteiger partial charge in [-0.15, -0.1) is 0 Å². The van der Waals surface area contributed by atoms with E-state index in [9.17, 15) is 0 Å². The summed E-state index contributed by atoms with van der Waals surface area (Å²) in [5.41, 5.74) is 0. The maximum absolute atomic E-state index is 4.46. The van der Waals surface area contributed by atoms with Gasteiger partial charge in [0, 0.05) is 19.0 Å². The van der Waals surface area contributed by atoms with Gasteiger partial charge in [-0.3, -0.25) is 4.68 Å². The van der Waals surface area contributed by atoms with E-state index in [1.807, 2.05) is 4.68 Å². The number of aryl methyl sites for hydroxylation is 1. The van der Waals surface area contributed by atoms with Gasteiger partial charge in [-0.25, -0.2) is 4.98 Å². The molecule has 1 aliphatic carbocycles. The predicted octanol–water partition coefficient (Wildman–Crippen LogP) is 3.28. The molecule has 1 unspecified atom stereocenters.